The van der Waals surface area contributed by atoms with Gasteiger partial charge in [0.2, 0.25) is 11.6 Å². The summed E-state index contributed by atoms with van der Waals surface area (Å²) in [6.45, 7) is 0. The number of nitro groups is 1. The fraction of sp³-hybridized carbons (Fsp3) is 0. The lowest BCUT2D eigenvalue weighted by molar-refractivity contribution is -0.383. The van der Waals surface area contributed by atoms with Crippen molar-refractivity contribution in [3.05, 3.63) is 81.9 Å². The zero-order valence-corrected chi connectivity index (χ0v) is 14.3. The molecule has 0 aliphatic rings. The second kappa shape index (κ2) is 8.21. The predicted molar refractivity (Wildman–Crippen MR) is 95.8 cm³/mol. The van der Waals surface area contributed by atoms with Gasteiger partial charge >= 0.3 is 5.69 Å². The van der Waals surface area contributed by atoms with Gasteiger partial charge in [0.1, 0.15) is 23.8 Å². The van der Waals surface area contributed by atoms with Crippen LogP contribution in [-0.4, -0.2) is 20.8 Å². The molecule has 29 heavy (non-hydrogen) atoms. The van der Waals surface area contributed by atoms with E-state index in [1.165, 1.54) is 18.2 Å². The maximum atomic E-state index is 13.8. The summed E-state index contributed by atoms with van der Waals surface area (Å²) in [6.07, 6.45) is 0.911. The number of halogens is 3. The van der Waals surface area contributed by atoms with Crippen molar-refractivity contribution in [2.24, 2.45) is 0 Å². The van der Waals surface area contributed by atoms with Crippen LogP contribution < -0.4 is 16.2 Å². The molecule has 0 saturated heterocycles. The van der Waals surface area contributed by atoms with Gasteiger partial charge in [0.05, 0.1) is 16.2 Å². The minimum atomic E-state index is -1.000. The summed E-state index contributed by atoms with van der Waals surface area (Å²) < 4.78 is 40.5. The molecule has 0 unspecified atom stereocenters. The van der Waals surface area contributed by atoms with Crippen molar-refractivity contribution in [2.45, 2.75) is 0 Å². The number of hydrogen-bond acceptors (Lipinski definition) is 7. The summed E-state index contributed by atoms with van der Waals surface area (Å²) in [6, 6.07) is 7.68. The number of hydrogen-bond donors (Lipinski definition) is 3. The van der Waals surface area contributed by atoms with Crippen LogP contribution in [0.2, 0.25) is 0 Å². The fourth-order valence-corrected chi connectivity index (χ4v) is 2.28. The molecule has 0 aliphatic carbocycles. The summed E-state index contributed by atoms with van der Waals surface area (Å²) in [7, 11) is 0. The molecule has 1 amide bonds. The molecule has 0 aliphatic heterocycles. The van der Waals surface area contributed by atoms with Crippen LogP contribution in [-0.2, 0) is 0 Å². The molecule has 1 heterocycles. The topological polar surface area (TPSA) is 122 Å². The van der Waals surface area contributed by atoms with Crippen molar-refractivity contribution in [1.29, 1.82) is 0 Å². The number of benzene rings is 2. The Hall–Kier alpha value is -4.22. The lowest BCUT2D eigenvalue weighted by atomic mass is 10.2. The van der Waals surface area contributed by atoms with Gasteiger partial charge in [-0.15, -0.1) is 0 Å². The quantitative estimate of drug-likeness (QED) is 0.426. The highest BCUT2D eigenvalue weighted by atomic mass is 19.1. The monoisotopic (exact) mass is 404 g/mol. The highest BCUT2D eigenvalue weighted by molar-refractivity contribution is 5.95. The predicted octanol–water partition coefficient (Wildman–Crippen LogP) is 3.30. The van der Waals surface area contributed by atoms with E-state index < -0.39 is 45.6 Å². The Morgan fingerprint density at radius 3 is 2.41 bits per heavy atom. The number of rotatable bonds is 6. The number of hydrazine groups is 1. The van der Waals surface area contributed by atoms with Gasteiger partial charge in [-0.05, 0) is 24.3 Å². The van der Waals surface area contributed by atoms with Crippen LogP contribution in [0.25, 0.3) is 0 Å². The fourth-order valence-electron chi connectivity index (χ4n) is 2.28. The molecule has 0 spiro atoms. The van der Waals surface area contributed by atoms with Gasteiger partial charge in [0.25, 0.3) is 5.91 Å². The molecule has 3 N–H and O–H groups in total. The van der Waals surface area contributed by atoms with Crippen LogP contribution in [0.5, 0.6) is 0 Å². The summed E-state index contributed by atoms with van der Waals surface area (Å²) in [5, 5.41) is 13.8. The minimum Gasteiger partial charge on any atom is -0.332 e. The van der Waals surface area contributed by atoms with Gasteiger partial charge in [-0.1, -0.05) is 12.1 Å². The molecule has 3 rings (SSSR count). The molecule has 0 bridgehead atoms. The van der Waals surface area contributed by atoms with E-state index in [1.54, 1.807) is 0 Å². The first-order valence-corrected chi connectivity index (χ1v) is 7.89. The zero-order valence-electron chi connectivity index (χ0n) is 14.3. The van der Waals surface area contributed by atoms with E-state index in [0.717, 1.165) is 24.5 Å². The SMILES string of the molecule is O=C(NNc1ncnc(Nc2ccc(F)cc2F)c1[N+](=O)[O-])c1ccccc1F. The van der Waals surface area contributed by atoms with Crippen molar-refractivity contribution in [3.8, 4) is 0 Å². The van der Waals surface area contributed by atoms with Gasteiger partial charge in [0.15, 0.2) is 0 Å². The third kappa shape index (κ3) is 4.37. The first kappa shape index (κ1) is 19.5. The molecule has 2 aromatic carbocycles. The molecule has 148 valence electrons. The molecular formula is C17H11F3N6O3. The third-order valence-electron chi connectivity index (χ3n) is 3.60. The summed E-state index contributed by atoms with van der Waals surface area (Å²) in [5.41, 5.74) is 3.00. The van der Waals surface area contributed by atoms with Crippen molar-refractivity contribution in [2.75, 3.05) is 10.7 Å². The lowest BCUT2D eigenvalue weighted by Crippen LogP contribution is -2.31. The summed E-state index contributed by atoms with van der Waals surface area (Å²) >= 11 is 0. The number of aromatic nitrogens is 2. The highest BCUT2D eigenvalue weighted by Crippen LogP contribution is 2.31. The average molecular weight is 404 g/mol. The Labute approximate surface area is 160 Å². The molecule has 3 aromatic rings. The zero-order chi connectivity index (χ0) is 21.0. The Balaban J connectivity index is 1.86. The largest absolute Gasteiger partial charge is 0.355 e. The van der Waals surface area contributed by atoms with E-state index in [-0.39, 0.29) is 11.3 Å². The van der Waals surface area contributed by atoms with Crippen molar-refractivity contribution in [1.82, 2.24) is 15.4 Å². The van der Waals surface area contributed by atoms with Gasteiger partial charge in [-0.25, -0.2) is 23.1 Å². The standard InChI is InChI=1S/C17H11F3N6O3/c18-9-5-6-13(12(20)7-9)23-15-14(26(28)29)16(22-8-21-15)24-25-17(27)10-3-1-2-4-11(10)19/h1-8H,(H,25,27)(H2,21,22,23,24). The van der Waals surface area contributed by atoms with E-state index in [4.69, 9.17) is 0 Å². The first-order valence-electron chi connectivity index (χ1n) is 7.89. The van der Waals surface area contributed by atoms with Crippen LogP contribution in [0.3, 0.4) is 0 Å². The number of carbonyl (C=O) groups excluding carboxylic acids is 1. The number of carbonyl (C=O) groups is 1. The van der Waals surface area contributed by atoms with E-state index >= 15 is 0 Å². The number of nitrogens with zero attached hydrogens (tertiary/aromatic N) is 3. The average Bonchev–Trinajstić information content (AvgIpc) is 2.68. The minimum absolute atomic E-state index is 0.269. The van der Waals surface area contributed by atoms with Crippen molar-refractivity contribution in [3.63, 3.8) is 0 Å². The van der Waals surface area contributed by atoms with E-state index in [2.05, 4.69) is 26.1 Å². The second-order valence-electron chi connectivity index (χ2n) is 5.48. The summed E-state index contributed by atoms with van der Waals surface area (Å²) in [5.74, 6) is -4.39. The van der Waals surface area contributed by atoms with Gasteiger partial charge < -0.3 is 5.32 Å². The van der Waals surface area contributed by atoms with Gasteiger partial charge in [-0.3, -0.25) is 25.8 Å². The summed E-state index contributed by atoms with van der Waals surface area (Å²) in [4.78, 5) is 30.0. The Morgan fingerprint density at radius 2 is 1.72 bits per heavy atom. The lowest BCUT2D eigenvalue weighted by Gasteiger charge is -2.11. The Bertz CT molecular complexity index is 1100. The van der Waals surface area contributed by atoms with E-state index in [9.17, 15) is 28.1 Å². The van der Waals surface area contributed by atoms with Gasteiger partial charge in [-0.2, -0.15) is 0 Å². The van der Waals surface area contributed by atoms with Crippen LogP contribution in [0.4, 0.5) is 36.2 Å². The number of nitrogens with one attached hydrogen (secondary N) is 3. The van der Waals surface area contributed by atoms with Gasteiger partial charge in [0, 0.05) is 6.07 Å². The highest BCUT2D eigenvalue weighted by Gasteiger charge is 2.24. The Morgan fingerprint density at radius 1 is 1.00 bits per heavy atom. The van der Waals surface area contributed by atoms with Crippen LogP contribution in [0.15, 0.2) is 48.8 Å². The van der Waals surface area contributed by atoms with Crippen LogP contribution >= 0.6 is 0 Å². The first-order chi connectivity index (χ1) is 13.9. The van der Waals surface area contributed by atoms with E-state index in [0.29, 0.717) is 6.07 Å². The Kier molecular flexibility index (Phi) is 5.53. The second-order valence-corrected chi connectivity index (χ2v) is 5.48. The number of amides is 1. The maximum absolute atomic E-state index is 13.8. The van der Waals surface area contributed by atoms with Crippen molar-refractivity contribution >= 4 is 28.9 Å². The normalized spacial score (nSPS) is 10.3. The molecule has 12 heteroatoms. The van der Waals surface area contributed by atoms with Crippen LogP contribution in [0, 0.1) is 27.6 Å². The molecule has 0 radical (unpaired) electrons. The molecule has 0 saturated carbocycles. The molecule has 9 nitrogen and oxygen atoms in total. The molecule has 0 fully saturated rings. The van der Waals surface area contributed by atoms with Crippen LogP contribution in [0.1, 0.15) is 10.4 Å². The smallest absolute Gasteiger partial charge is 0.332 e. The third-order valence-corrected chi connectivity index (χ3v) is 3.60. The molecule has 1 aromatic heterocycles. The number of anilines is 3. The molecule has 0 atom stereocenters. The van der Waals surface area contributed by atoms with Crippen molar-refractivity contribution < 1.29 is 22.9 Å². The molecular weight excluding hydrogens is 393 g/mol. The maximum Gasteiger partial charge on any atom is 0.355 e. The van der Waals surface area contributed by atoms with E-state index in [1.807, 2.05) is 0 Å².